The van der Waals surface area contributed by atoms with Gasteiger partial charge < -0.3 is 25.5 Å². The van der Waals surface area contributed by atoms with E-state index in [1.54, 1.807) is 36.1 Å². The summed E-state index contributed by atoms with van der Waals surface area (Å²) in [6.45, 7) is 5.02. The molecule has 3 aliphatic rings. The number of nitrogens with one attached hydrogen (secondary N) is 1. The fraction of sp³-hybridized carbons (Fsp3) is 0.682. The number of carbonyl (C=O) groups is 1. The normalized spacial score (nSPS) is 29.7. The summed E-state index contributed by atoms with van der Waals surface area (Å²) in [6, 6.07) is 6.23. The van der Waals surface area contributed by atoms with Crippen LogP contribution in [0, 0.1) is 5.41 Å². The number of likely N-dealkylation sites (tertiary alicyclic amines) is 1. The fourth-order valence-corrected chi connectivity index (χ4v) is 5.09. The molecule has 172 valence electrons. The van der Waals surface area contributed by atoms with E-state index in [4.69, 9.17) is 11.6 Å². The second-order valence-corrected chi connectivity index (χ2v) is 9.76. The van der Waals surface area contributed by atoms with Gasteiger partial charge in [-0.05, 0) is 56.3 Å². The number of piperazine rings is 1. The molecule has 0 aromatic heterocycles. The van der Waals surface area contributed by atoms with Gasteiger partial charge in [-0.2, -0.15) is 0 Å². The van der Waals surface area contributed by atoms with Gasteiger partial charge in [-0.25, -0.2) is 4.79 Å². The lowest BCUT2D eigenvalue weighted by molar-refractivity contribution is -0.0942. The van der Waals surface area contributed by atoms with Crippen LogP contribution < -0.4 is 5.32 Å². The van der Waals surface area contributed by atoms with Gasteiger partial charge in [-0.1, -0.05) is 17.7 Å². The van der Waals surface area contributed by atoms with Crippen molar-refractivity contribution in [3.8, 4) is 0 Å². The number of halogens is 1. The lowest BCUT2D eigenvalue weighted by Crippen LogP contribution is -2.62. The molecule has 31 heavy (non-hydrogen) atoms. The first kappa shape index (κ1) is 22.8. The highest BCUT2D eigenvalue weighted by molar-refractivity contribution is 6.30. The number of aliphatic hydroxyl groups is 3. The predicted octanol–water partition coefficient (Wildman–Crippen LogP) is 1.40. The molecule has 3 fully saturated rings. The number of β-amino-alcohol motifs (C(OH)–C–C–N with tert-alkyl or cyclic N) is 2. The van der Waals surface area contributed by atoms with E-state index in [0.29, 0.717) is 43.4 Å². The second kappa shape index (κ2) is 9.21. The third-order valence-corrected chi connectivity index (χ3v) is 7.37. The number of hydrogen-bond acceptors (Lipinski definition) is 6. The number of aliphatic hydroxyl groups excluding tert-OH is 3. The lowest BCUT2D eigenvalue weighted by atomic mass is 9.90. The zero-order valence-corrected chi connectivity index (χ0v) is 18.7. The van der Waals surface area contributed by atoms with Crippen molar-refractivity contribution in [1.82, 2.24) is 14.7 Å². The van der Waals surface area contributed by atoms with Gasteiger partial charge in [0.15, 0.2) is 0 Å². The molecule has 0 radical (unpaired) electrons. The molecule has 2 heterocycles. The maximum atomic E-state index is 12.7. The molecule has 1 aromatic carbocycles. The average molecular weight is 453 g/mol. The summed E-state index contributed by atoms with van der Waals surface area (Å²) in [5, 5.41) is 35.1. The highest BCUT2D eigenvalue weighted by Gasteiger charge is 2.51. The van der Waals surface area contributed by atoms with Crippen LogP contribution in [0.3, 0.4) is 0 Å². The number of hydrogen-bond donors (Lipinski definition) is 4. The van der Waals surface area contributed by atoms with Crippen LogP contribution in [-0.2, 0) is 0 Å². The van der Waals surface area contributed by atoms with Crippen molar-refractivity contribution in [2.45, 2.75) is 50.7 Å². The van der Waals surface area contributed by atoms with Crippen molar-refractivity contribution in [1.29, 1.82) is 0 Å². The lowest BCUT2D eigenvalue weighted by Gasteiger charge is -2.44. The van der Waals surface area contributed by atoms with Crippen molar-refractivity contribution in [2.75, 3.05) is 44.6 Å². The number of nitrogens with zero attached hydrogens (tertiary/aromatic N) is 3. The molecule has 2 saturated heterocycles. The first-order chi connectivity index (χ1) is 14.8. The Morgan fingerprint density at radius 2 is 2.00 bits per heavy atom. The van der Waals surface area contributed by atoms with Crippen LogP contribution in [0.1, 0.15) is 26.2 Å². The summed E-state index contributed by atoms with van der Waals surface area (Å²) in [7, 11) is 0. The molecule has 1 unspecified atom stereocenters. The third kappa shape index (κ3) is 5.16. The number of urea groups is 1. The van der Waals surface area contributed by atoms with Crippen molar-refractivity contribution in [2.24, 2.45) is 5.41 Å². The van der Waals surface area contributed by atoms with E-state index in [1.807, 2.05) is 4.90 Å². The van der Waals surface area contributed by atoms with Gasteiger partial charge in [0.05, 0.1) is 18.2 Å². The summed E-state index contributed by atoms with van der Waals surface area (Å²) in [4.78, 5) is 18.2. The SMILES string of the molecule is C[C@H]1C(O)N(C[C@H](O)CN2CCC3(CC3)[C@H](O)C2)CCN1C(=O)Nc1cccc(Cl)c1. The van der Waals surface area contributed by atoms with E-state index >= 15 is 0 Å². The topological polar surface area (TPSA) is 99.5 Å². The Morgan fingerprint density at radius 1 is 1.23 bits per heavy atom. The molecule has 9 heteroatoms. The number of benzene rings is 1. The van der Waals surface area contributed by atoms with Crippen LogP contribution in [0.25, 0.3) is 0 Å². The highest BCUT2D eigenvalue weighted by Crippen LogP contribution is 2.53. The van der Waals surface area contributed by atoms with Gasteiger partial charge in [0, 0.05) is 43.4 Å². The van der Waals surface area contributed by atoms with Gasteiger partial charge in [-0.3, -0.25) is 9.80 Å². The first-order valence-corrected chi connectivity index (χ1v) is 11.5. The monoisotopic (exact) mass is 452 g/mol. The first-order valence-electron chi connectivity index (χ1n) is 11.1. The van der Waals surface area contributed by atoms with Gasteiger partial charge in [0.25, 0.3) is 0 Å². The zero-order chi connectivity index (χ0) is 22.2. The fourth-order valence-electron chi connectivity index (χ4n) is 4.90. The van der Waals surface area contributed by atoms with E-state index in [1.165, 1.54) is 0 Å². The van der Waals surface area contributed by atoms with Crippen LogP contribution in [0.5, 0.6) is 0 Å². The zero-order valence-electron chi connectivity index (χ0n) is 18.0. The van der Waals surface area contributed by atoms with E-state index in [2.05, 4.69) is 10.2 Å². The van der Waals surface area contributed by atoms with E-state index in [0.717, 1.165) is 25.8 Å². The standard InChI is InChI=1S/C22H33ClN4O4/c1-15-20(30)26(9-10-27(15)21(31)24-17-4-2-3-16(23)11-17)13-18(28)12-25-8-7-22(5-6-22)19(29)14-25/h2-4,11,15,18-20,28-30H,5-10,12-14H2,1H3,(H,24,31)/t15-,18+,19+,20?/m0/s1. The molecule has 0 bridgehead atoms. The van der Waals surface area contributed by atoms with Crippen LogP contribution in [0.4, 0.5) is 10.5 Å². The quantitative estimate of drug-likeness (QED) is 0.539. The van der Waals surface area contributed by atoms with Crippen LogP contribution in [0.15, 0.2) is 24.3 Å². The summed E-state index contributed by atoms with van der Waals surface area (Å²) in [5.41, 5.74) is 0.753. The Hall–Kier alpha value is -1.42. The molecule has 1 aromatic rings. The van der Waals surface area contributed by atoms with Crippen LogP contribution in [0.2, 0.25) is 5.02 Å². The Kier molecular flexibility index (Phi) is 6.76. The Labute approximate surface area is 188 Å². The summed E-state index contributed by atoms with van der Waals surface area (Å²) < 4.78 is 0. The molecule has 2 amide bonds. The number of carbonyl (C=O) groups excluding carboxylic acids is 1. The molecule has 1 saturated carbocycles. The van der Waals surface area contributed by atoms with Crippen molar-refractivity contribution < 1.29 is 20.1 Å². The smallest absolute Gasteiger partial charge is 0.322 e. The van der Waals surface area contributed by atoms with Crippen molar-refractivity contribution >= 4 is 23.3 Å². The van der Waals surface area contributed by atoms with E-state index in [9.17, 15) is 20.1 Å². The Morgan fingerprint density at radius 3 is 2.68 bits per heavy atom. The minimum atomic E-state index is -0.866. The van der Waals surface area contributed by atoms with Gasteiger partial charge in [0.2, 0.25) is 0 Å². The molecule has 4 rings (SSSR count). The minimum Gasteiger partial charge on any atom is -0.391 e. The largest absolute Gasteiger partial charge is 0.391 e. The summed E-state index contributed by atoms with van der Waals surface area (Å²) >= 11 is 5.98. The van der Waals surface area contributed by atoms with Crippen LogP contribution >= 0.6 is 11.6 Å². The van der Waals surface area contributed by atoms with Crippen molar-refractivity contribution in [3.63, 3.8) is 0 Å². The summed E-state index contributed by atoms with van der Waals surface area (Å²) in [6.07, 6.45) is 1.42. The molecule has 4 N–H and O–H groups in total. The average Bonchev–Trinajstić information content (AvgIpc) is 3.49. The summed E-state index contributed by atoms with van der Waals surface area (Å²) in [5.74, 6) is 0. The molecule has 4 atom stereocenters. The Balaban J connectivity index is 1.26. The predicted molar refractivity (Wildman–Crippen MR) is 119 cm³/mol. The molecular weight excluding hydrogens is 420 g/mol. The number of amides is 2. The second-order valence-electron chi connectivity index (χ2n) is 9.32. The van der Waals surface area contributed by atoms with Gasteiger partial charge in [0.1, 0.15) is 6.23 Å². The molecule has 1 spiro atoms. The third-order valence-electron chi connectivity index (χ3n) is 7.13. The van der Waals surface area contributed by atoms with Crippen LogP contribution in [-0.4, -0.2) is 99.8 Å². The maximum absolute atomic E-state index is 12.7. The number of piperidine rings is 1. The maximum Gasteiger partial charge on any atom is 0.322 e. The molecule has 8 nitrogen and oxygen atoms in total. The molecular formula is C22H33ClN4O4. The molecule has 1 aliphatic carbocycles. The van der Waals surface area contributed by atoms with Crippen molar-refractivity contribution in [3.05, 3.63) is 29.3 Å². The van der Waals surface area contributed by atoms with Gasteiger partial charge in [-0.15, -0.1) is 0 Å². The Bertz CT molecular complexity index is 793. The number of anilines is 1. The van der Waals surface area contributed by atoms with Gasteiger partial charge >= 0.3 is 6.03 Å². The highest BCUT2D eigenvalue weighted by atomic mass is 35.5. The van der Waals surface area contributed by atoms with E-state index in [-0.39, 0.29) is 17.6 Å². The van der Waals surface area contributed by atoms with E-state index < -0.39 is 18.4 Å². The number of rotatable bonds is 5. The minimum absolute atomic E-state index is 0.148. The molecule has 2 aliphatic heterocycles.